The molecule has 1 atom stereocenters. The molecule has 1 fully saturated rings. The number of aliphatic hydroxyl groups excluding tert-OH is 1. The molecule has 33 heavy (non-hydrogen) atoms. The number of nitrogens with zero attached hydrogens (tertiary/aromatic N) is 2. The monoisotopic (exact) mass is 478 g/mol. The van der Waals surface area contributed by atoms with E-state index < -0.39 is 17.7 Å². The lowest BCUT2D eigenvalue weighted by molar-refractivity contribution is -0.132. The number of Topliss-reactive ketones (excluding diaryl/α,β-unsaturated/α-hetero) is 1. The Kier molecular flexibility index (Phi) is 5.35. The zero-order valence-electron chi connectivity index (χ0n) is 17.6. The van der Waals surface area contributed by atoms with Crippen molar-refractivity contribution in [3.63, 3.8) is 0 Å². The number of thiazole rings is 1. The molecule has 5 rings (SSSR count). The van der Waals surface area contributed by atoms with Crippen molar-refractivity contribution in [1.29, 1.82) is 0 Å². The highest BCUT2D eigenvalue weighted by Crippen LogP contribution is 2.45. The number of aliphatic hydroxyl groups is 1. The summed E-state index contributed by atoms with van der Waals surface area (Å²) < 4.78 is 11.4. The number of anilines is 1. The molecule has 7 nitrogen and oxygen atoms in total. The van der Waals surface area contributed by atoms with Crippen molar-refractivity contribution in [2.75, 3.05) is 19.1 Å². The highest BCUT2D eigenvalue weighted by Gasteiger charge is 2.48. The van der Waals surface area contributed by atoms with Gasteiger partial charge in [0.2, 0.25) is 0 Å². The SMILES string of the molecule is COc1cccc(C(O)=C2C(=O)C(=O)N(c3nc4ccc(OC)cc4s3)C2c2cccs2)c1. The highest BCUT2D eigenvalue weighted by molar-refractivity contribution is 7.22. The second-order valence-corrected chi connectivity index (χ2v) is 9.23. The van der Waals surface area contributed by atoms with Crippen LogP contribution in [0.5, 0.6) is 11.5 Å². The van der Waals surface area contributed by atoms with Gasteiger partial charge in [-0.25, -0.2) is 4.98 Å². The van der Waals surface area contributed by atoms with Gasteiger partial charge in [0.05, 0.1) is 30.0 Å². The Hall–Kier alpha value is -3.69. The van der Waals surface area contributed by atoms with Crippen molar-refractivity contribution in [2.45, 2.75) is 6.04 Å². The van der Waals surface area contributed by atoms with Crippen LogP contribution >= 0.6 is 22.7 Å². The Balaban J connectivity index is 1.69. The number of thiophene rings is 1. The third-order valence-corrected chi connectivity index (χ3v) is 7.33. The lowest BCUT2D eigenvalue weighted by atomic mass is 10.00. The Bertz CT molecular complexity index is 1410. The summed E-state index contributed by atoms with van der Waals surface area (Å²) in [5, 5.41) is 13.4. The minimum Gasteiger partial charge on any atom is -0.507 e. The van der Waals surface area contributed by atoms with E-state index in [1.165, 1.54) is 34.7 Å². The molecule has 1 saturated heterocycles. The Morgan fingerprint density at radius 2 is 1.82 bits per heavy atom. The lowest BCUT2D eigenvalue weighted by Crippen LogP contribution is -2.28. The summed E-state index contributed by atoms with van der Waals surface area (Å²) in [5.41, 5.74) is 1.10. The van der Waals surface area contributed by atoms with Gasteiger partial charge in [-0.15, -0.1) is 11.3 Å². The molecule has 2 aromatic heterocycles. The van der Waals surface area contributed by atoms with E-state index in [9.17, 15) is 14.7 Å². The first-order chi connectivity index (χ1) is 16.0. The number of carbonyl (C=O) groups is 2. The first-order valence-corrected chi connectivity index (χ1v) is 11.6. The average Bonchev–Trinajstić information content (AvgIpc) is 3.57. The number of amides is 1. The van der Waals surface area contributed by atoms with Gasteiger partial charge in [0, 0.05) is 10.4 Å². The molecule has 2 aromatic carbocycles. The Morgan fingerprint density at radius 1 is 1.03 bits per heavy atom. The standard InChI is InChI=1S/C24H18N2O5S2/c1-30-14-6-3-5-13(11-14)21(27)19-20(17-7-4-10-32-17)26(23(29)22(19)28)24-25-16-9-8-15(31-2)12-18(16)33-24/h3-12,20,27H,1-2H3. The van der Waals surface area contributed by atoms with Gasteiger partial charge in [0.1, 0.15) is 23.3 Å². The molecule has 0 aliphatic carbocycles. The predicted molar refractivity (Wildman–Crippen MR) is 128 cm³/mol. The van der Waals surface area contributed by atoms with Crippen molar-refractivity contribution < 1.29 is 24.2 Å². The van der Waals surface area contributed by atoms with Gasteiger partial charge in [0.25, 0.3) is 5.78 Å². The van der Waals surface area contributed by atoms with Gasteiger partial charge in [-0.2, -0.15) is 0 Å². The molecule has 1 aliphatic rings. The maximum Gasteiger partial charge on any atom is 0.301 e. The van der Waals surface area contributed by atoms with E-state index in [0.717, 1.165) is 9.58 Å². The fourth-order valence-corrected chi connectivity index (χ4v) is 5.64. The summed E-state index contributed by atoms with van der Waals surface area (Å²) in [6.07, 6.45) is 0. The van der Waals surface area contributed by atoms with Gasteiger partial charge in [-0.3, -0.25) is 14.5 Å². The summed E-state index contributed by atoms with van der Waals surface area (Å²) in [5.74, 6) is -0.543. The summed E-state index contributed by atoms with van der Waals surface area (Å²) in [4.78, 5) is 33.2. The molecule has 0 spiro atoms. The van der Waals surface area contributed by atoms with E-state index >= 15 is 0 Å². The first-order valence-electron chi connectivity index (χ1n) is 9.95. The normalized spacial score (nSPS) is 17.6. The quantitative estimate of drug-likeness (QED) is 0.247. The van der Waals surface area contributed by atoms with E-state index in [2.05, 4.69) is 4.98 Å². The van der Waals surface area contributed by atoms with Crippen molar-refractivity contribution in [3.8, 4) is 11.5 Å². The van der Waals surface area contributed by atoms with E-state index in [1.807, 2.05) is 23.6 Å². The third kappa shape index (κ3) is 3.55. The largest absolute Gasteiger partial charge is 0.507 e. The van der Waals surface area contributed by atoms with Crippen molar-refractivity contribution in [3.05, 3.63) is 76.0 Å². The predicted octanol–water partition coefficient (Wildman–Crippen LogP) is 5.00. The lowest BCUT2D eigenvalue weighted by Gasteiger charge is -2.21. The molecule has 1 unspecified atom stereocenters. The molecular weight excluding hydrogens is 460 g/mol. The number of benzene rings is 2. The zero-order valence-corrected chi connectivity index (χ0v) is 19.3. The van der Waals surface area contributed by atoms with Crippen LogP contribution in [-0.2, 0) is 9.59 Å². The fourth-order valence-electron chi connectivity index (χ4n) is 3.79. The average molecular weight is 479 g/mol. The number of fused-ring (bicyclic) bond motifs is 1. The first kappa shape index (κ1) is 21.2. The Morgan fingerprint density at radius 3 is 2.55 bits per heavy atom. The molecule has 4 aromatic rings. The number of rotatable bonds is 5. The second kappa shape index (κ2) is 8.34. The van der Waals surface area contributed by atoms with Crippen LogP contribution in [0.3, 0.4) is 0 Å². The summed E-state index contributed by atoms with van der Waals surface area (Å²) in [6.45, 7) is 0. The zero-order chi connectivity index (χ0) is 23.1. The maximum absolute atomic E-state index is 13.2. The van der Waals surface area contributed by atoms with Gasteiger partial charge in [-0.1, -0.05) is 29.5 Å². The van der Waals surface area contributed by atoms with Gasteiger partial charge < -0.3 is 14.6 Å². The van der Waals surface area contributed by atoms with E-state index in [4.69, 9.17) is 9.47 Å². The molecule has 0 radical (unpaired) electrons. The number of ketones is 1. The number of hydrogen-bond acceptors (Lipinski definition) is 8. The van der Waals surface area contributed by atoms with Crippen LogP contribution in [0.15, 0.2) is 65.6 Å². The van der Waals surface area contributed by atoms with Crippen molar-refractivity contribution in [2.24, 2.45) is 0 Å². The molecular formula is C24H18N2O5S2. The fraction of sp³-hybridized carbons (Fsp3) is 0.125. The highest BCUT2D eigenvalue weighted by atomic mass is 32.1. The van der Waals surface area contributed by atoms with Crippen LogP contribution < -0.4 is 14.4 Å². The van der Waals surface area contributed by atoms with Crippen molar-refractivity contribution >= 4 is 55.5 Å². The molecule has 1 amide bonds. The van der Waals surface area contributed by atoms with Crippen LogP contribution in [0, 0.1) is 0 Å². The van der Waals surface area contributed by atoms with Gasteiger partial charge in [0.15, 0.2) is 5.13 Å². The van der Waals surface area contributed by atoms with Crippen LogP contribution in [-0.4, -0.2) is 36.0 Å². The van der Waals surface area contributed by atoms with Crippen LogP contribution in [0.4, 0.5) is 5.13 Å². The molecule has 3 heterocycles. The van der Waals surface area contributed by atoms with Crippen LogP contribution in [0.2, 0.25) is 0 Å². The van der Waals surface area contributed by atoms with E-state index in [-0.39, 0.29) is 11.3 Å². The van der Waals surface area contributed by atoms with Crippen LogP contribution in [0.25, 0.3) is 16.0 Å². The molecule has 9 heteroatoms. The second-order valence-electron chi connectivity index (χ2n) is 7.25. The van der Waals surface area contributed by atoms with Crippen LogP contribution in [0.1, 0.15) is 16.5 Å². The van der Waals surface area contributed by atoms with Gasteiger partial charge >= 0.3 is 5.91 Å². The van der Waals surface area contributed by atoms with Crippen molar-refractivity contribution in [1.82, 2.24) is 4.98 Å². The number of methoxy groups -OCH3 is 2. The topological polar surface area (TPSA) is 89.0 Å². The molecule has 0 bridgehead atoms. The minimum atomic E-state index is -0.793. The molecule has 1 aliphatic heterocycles. The van der Waals surface area contributed by atoms with Gasteiger partial charge in [-0.05, 0) is 41.8 Å². The third-order valence-electron chi connectivity index (χ3n) is 5.39. The molecule has 1 N–H and O–H groups in total. The summed E-state index contributed by atoms with van der Waals surface area (Å²) >= 11 is 2.69. The number of carbonyl (C=O) groups excluding carboxylic acids is 2. The Labute approximate surface area is 197 Å². The minimum absolute atomic E-state index is 0.0209. The summed E-state index contributed by atoms with van der Waals surface area (Å²) in [7, 11) is 3.10. The van der Waals surface area contributed by atoms with E-state index in [0.29, 0.717) is 27.7 Å². The maximum atomic E-state index is 13.2. The number of hydrogen-bond donors (Lipinski definition) is 1. The smallest absolute Gasteiger partial charge is 0.301 e. The van der Waals surface area contributed by atoms with E-state index in [1.54, 1.807) is 43.5 Å². The number of aromatic nitrogens is 1. The molecule has 166 valence electrons. The number of ether oxygens (including phenoxy) is 2. The molecule has 0 saturated carbocycles. The summed E-state index contributed by atoms with van der Waals surface area (Å²) in [6, 6.07) is 15.1.